The molecule has 1 aromatic heterocycles. The molecule has 2 N–H and O–H groups in total. The lowest BCUT2D eigenvalue weighted by Crippen LogP contribution is -2.14. The first-order valence-electron chi connectivity index (χ1n) is 3.75. The maximum Gasteiger partial charge on any atom is 0.130 e. The van der Waals surface area contributed by atoms with E-state index in [4.69, 9.17) is 21.8 Å². The number of aromatic nitrogens is 1. The zero-order chi connectivity index (χ0) is 9.68. The summed E-state index contributed by atoms with van der Waals surface area (Å²) in [7, 11) is 0. The van der Waals surface area contributed by atoms with Gasteiger partial charge in [-0.25, -0.2) is 4.98 Å². The monoisotopic (exact) mass is 219 g/mol. The second-order valence-corrected chi connectivity index (χ2v) is 3.94. The van der Waals surface area contributed by atoms with Gasteiger partial charge in [-0.05, 0) is 12.1 Å². The summed E-state index contributed by atoms with van der Waals surface area (Å²) in [5.41, 5.74) is 0. The number of aliphatic hydroxyl groups excluding tert-OH is 2. The summed E-state index contributed by atoms with van der Waals surface area (Å²) in [6.45, 7) is -0.216. The second-order valence-electron chi connectivity index (χ2n) is 2.46. The lowest BCUT2D eigenvalue weighted by molar-refractivity contribution is 0.113. The Labute approximate surface area is 85.8 Å². The van der Waals surface area contributed by atoms with Gasteiger partial charge in [0.05, 0.1) is 12.7 Å². The largest absolute Gasteiger partial charge is 0.394 e. The quantitative estimate of drug-likeness (QED) is 0.590. The Bertz CT molecular complexity index is 272. The van der Waals surface area contributed by atoms with Crippen LogP contribution in [0.3, 0.4) is 0 Å². The van der Waals surface area contributed by atoms with Gasteiger partial charge in [-0.1, -0.05) is 11.6 Å². The van der Waals surface area contributed by atoms with Gasteiger partial charge in [0, 0.05) is 16.8 Å². The Morgan fingerprint density at radius 3 is 3.00 bits per heavy atom. The average Bonchev–Trinajstić information content (AvgIpc) is 2.14. The number of aliphatic hydroxyl groups is 2. The van der Waals surface area contributed by atoms with E-state index < -0.39 is 6.10 Å². The van der Waals surface area contributed by atoms with Crippen molar-refractivity contribution in [2.24, 2.45) is 0 Å². The number of halogens is 1. The highest BCUT2D eigenvalue weighted by Crippen LogP contribution is 2.20. The molecule has 0 spiro atoms. The first-order valence-corrected chi connectivity index (χ1v) is 5.12. The number of hydrogen-bond donors (Lipinski definition) is 2. The maximum absolute atomic E-state index is 9.07. The van der Waals surface area contributed by atoms with E-state index in [2.05, 4.69) is 4.98 Å². The van der Waals surface area contributed by atoms with Crippen molar-refractivity contribution in [3.63, 3.8) is 0 Å². The minimum Gasteiger partial charge on any atom is -0.394 e. The fraction of sp³-hybridized carbons (Fsp3) is 0.375. The molecule has 0 fully saturated rings. The van der Waals surface area contributed by atoms with Crippen LogP contribution in [0, 0.1) is 0 Å². The maximum atomic E-state index is 9.07. The van der Waals surface area contributed by atoms with E-state index in [9.17, 15) is 0 Å². The van der Waals surface area contributed by atoms with Crippen molar-refractivity contribution in [2.45, 2.75) is 11.0 Å². The first kappa shape index (κ1) is 10.8. The normalized spacial score (nSPS) is 12.8. The third-order valence-corrected chi connectivity index (χ3v) is 2.70. The summed E-state index contributed by atoms with van der Waals surface area (Å²) in [4.78, 5) is 4.76. The Kier molecular flexibility index (Phi) is 4.52. The molecular weight excluding hydrogens is 210 g/mol. The number of nitrogens with zero attached hydrogens (tertiary/aromatic N) is 1. The van der Waals surface area contributed by atoms with E-state index in [1.165, 1.54) is 11.8 Å². The van der Waals surface area contributed by atoms with E-state index in [1.807, 2.05) is 0 Å². The molecule has 1 heterocycles. The van der Waals surface area contributed by atoms with E-state index >= 15 is 0 Å². The van der Waals surface area contributed by atoms with Crippen LogP contribution in [-0.2, 0) is 0 Å². The molecule has 1 atom stereocenters. The molecule has 1 unspecified atom stereocenters. The second kappa shape index (κ2) is 5.44. The van der Waals surface area contributed by atoms with Crippen LogP contribution in [0.4, 0.5) is 0 Å². The van der Waals surface area contributed by atoms with Crippen LogP contribution in [0.15, 0.2) is 23.2 Å². The molecule has 1 rings (SSSR count). The van der Waals surface area contributed by atoms with Crippen LogP contribution < -0.4 is 0 Å². The van der Waals surface area contributed by atoms with E-state index in [1.54, 1.807) is 18.3 Å². The summed E-state index contributed by atoms with van der Waals surface area (Å²) < 4.78 is 0. The minimum atomic E-state index is -0.683. The van der Waals surface area contributed by atoms with Gasteiger partial charge >= 0.3 is 0 Å². The molecule has 0 radical (unpaired) electrons. The molecule has 1 aromatic rings. The molecule has 3 nitrogen and oxygen atoms in total. The van der Waals surface area contributed by atoms with Gasteiger partial charge in [0.2, 0.25) is 0 Å². The number of pyridine rings is 1. The smallest absolute Gasteiger partial charge is 0.130 e. The zero-order valence-corrected chi connectivity index (χ0v) is 8.42. The fourth-order valence-corrected chi connectivity index (χ4v) is 1.80. The molecule has 0 saturated carbocycles. The minimum absolute atomic E-state index is 0.216. The average molecular weight is 220 g/mol. The van der Waals surface area contributed by atoms with Gasteiger partial charge in [0.15, 0.2) is 0 Å². The standard InChI is InChI=1S/C8H10ClNO2S/c9-8-3-7(1-2-10-8)13-5-6(12)4-11/h1-3,6,11-12H,4-5H2. The molecule has 0 bridgehead atoms. The van der Waals surface area contributed by atoms with Crippen LogP contribution in [0.5, 0.6) is 0 Å². The Hall–Kier alpha value is -0.290. The van der Waals surface area contributed by atoms with Crippen molar-refractivity contribution < 1.29 is 10.2 Å². The van der Waals surface area contributed by atoms with Gasteiger partial charge in [0.25, 0.3) is 0 Å². The molecular formula is C8H10ClNO2S. The lowest BCUT2D eigenvalue weighted by atomic mass is 10.4. The predicted molar refractivity (Wildman–Crippen MR) is 53.1 cm³/mol. The van der Waals surface area contributed by atoms with Crippen molar-refractivity contribution in [3.8, 4) is 0 Å². The topological polar surface area (TPSA) is 53.4 Å². The number of rotatable bonds is 4. The predicted octanol–water partition coefficient (Wildman–Crippen LogP) is 1.18. The Morgan fingerprint density at radius 1 is 1.62 bits per heavy atom. The summed E-state index contributed by atoms with van der Waals surface area (Å²) >= 11 is 7.09. The van der Waals surface area contributed by atoms with Crippen LogP contribution in [-0.4, -0.2) is 33.7 Å². The molecule has 0 amide bonds. The molecule has 13 heavy (non-hydrogen) atoms. The van der Waals surface area contributed by atoms with Crippen LogP contribution in [0.2, 0.25) is 5.15 Å². The highest BCUT2D eigenvalue weighted by atomic mass is 35.5. The van der Waals surface area contributed by atoms with Crippen LogP contribution in [0.25, 0.3) is 0 Å². The molecule has 0 aliphatic heterocycles. The van der Waals surface area contributed by atoms with Crippen molar-refractivity contribution in [1.82, 2.24) is 4.98 Å². The Balaban J connectivity index is 2.45. The molecule has 0 saturated heterocycles. The van der Waals surface area contributed by atoms with Crippen molar-refractivity contribution >= 4 is 23.4 Å². The first-order chi connectivity index (χ1) is 6.22. The Morgan fingerprint density at radius 2 is 2.38 bits per heavy atom. The highest BCUT2D eigenvalue weighted by molar-refractivity contribution is 7.99. The molecule has 0 aromatic carbocycles. The van der Waals surface area contributed by atoms with Crippen molar-refractivity contribution in [2.75, 3.05) is 12.4 Å². The number of thioether (sulfide) groups is 1. The molecule has 5 heteroatoms. The van der Waals surface area contributed by atoms with E-state index in [-0.39, 0.29) is 6.61 Å². The molecule has 0 aliphatic carbocycles. The molecule has 72 valence electrons. The van der Waals surface area contributed by atoms with Crippen LogP contribution in [0.1, 0.15) is 0 Å². The molecule has 0 aliphatic rings. The lowest BCUT2D eigenvalue weighted by Gasteiger charge is -2.05. The summed E-state index contributed by atoms with van der Waals surface area (Å²) in [5, 5.41) is 18.1. The zero-order valence-electron chi connectivity index (χ0n) is 6.85. The van der Waals surface area contributed by atoms with Gasteiger partial charge in [-0.15, -0.1) is 11.8 Å². The van der Waals surface area contributed by atoms with Crippen LogP contribution >= 0.6 is 23.4 Å². The van der Waals surface area contributed by atoms with E-state index in [0.29, 0.717) is 10.9 Å². The summed E-state index contributed by atoms with van der Waals surface area (Å²) in [6, 6.07) is 3.52. The van der Waals surface area contributed by atoms with Gasteiger partial charge in [-0.2, -0.15) is 0 Å². The van der Waals surface area contributed by atoms with Crippen molar-refractivity contribution in [1.29, 1.82) is 0 Å². The van der Waals surface area contributed by atoms with Gasteiger partial charge < -0.3 is 10.2 Å². The summed E-state index contributed by atoms with van der Waals surface area (Å²) in [6.07, 6.45) is 0.924. The highest BCUT2D eigenvalue weighted by Gasteiger charge is 2.03. The van der Waals surface area contributed by atoms with E-state index in [0.717, 1.165) is 4.90 Å². The van der Waals surface area contributed by atoms with Gasteiger partial charge in [0.1, 0.15) is 5.15 Å². The SMILES string of the molecule is OCC(O)CSc1ccnc(Cl)c1. The third-order valence-electron chi connectivity index (χ3n) is 1.35. The fourth-order valence-electron chi connectivity index (χ4n) is 0.720. The summed E-state index contributed by atoms with van der Waals surface area (Å²) in [5.74, 6) is 0.455. The number of hydrogen-bond acceptors (Lipinski definition) is 4. The van der Waals surface area contributed by atoms with Gasteiger partial charge in [-0.3, -0.25) is 0 Å². The van der Waals surface area contributed by atoms with Crippen molar-refractivity contribution in [3.05, 3.63) is 23.5 Å². The third kappa shape index (κ3) is 3.95.